The molecule has 6 fully saturated rings. The lowest BCUT2D eigenvalue weighted by atomic mass is 10.1. The summed E-state index contributed by atoms with van der Waals surface area (Å²) in [7, 11) is 0. The zero-order valence-corrected chi connectivity index (χ0v) is 23.9. The molecule has 0 aromatic rings. The minimum Gasteiger partial charge on any atom is -0.394 e. The quantitative estimate of drug-likeness (QED) is 0.440. The van der Waals surface area contributed by atoms with Gasteiger partial charge in [0.2, 0.25) is 0 Å². The van der Waals surface area contributed by atoms with E-state index in [-0.39, 0.29) is 30.7 Å². The third-order valence-electron chi connectivity index (χ3n) is 7.14. The maximum absolute atomic E-state index is 11.6. The summed E-state index contributed by atoms with van der Waals surface area (Å²) >= 11 is 0. The van der Waals surface area contributed by atoms with Crippen molar-refractivity contribution in [2.24, 2.45) is 0 Å². The molecule has 0 bridgehead atoms. The van der Waals surface area contributed by atoms with Crippen LogP contribution in [0.2, 0.25) is 0 Å². The van der Waals surface area contributed by atoms with E-state index in [0.29, 0.717) is 6.42 Å². The van der Waals surface area contributed by atoms with E-state index in [0.717, 1.165) is 6.42 Å². The topological polar surface area (TPSA) is 161 Å². The second kappa shape index (κ2) is 11.5. The molecule has 3 N–H and O–H groups in total. The molecule has 0 unspecified atom stereocenters. The number of ether oxygens (including phenoxy) is 9. The maximum atomic E-state index is 11.6. The molecule has 0 radical (unpaired) electrons. The van der Waals surface area contributed by atoms with Crippen molar-refractivity contribution in [2.45, 2.75) is 153 Å². The molecule has 226 valence electrons. The lowest BCUT2D eigenvalue weighted by molar-refractivity contribution is -0.218. The second-order valence-electron chi connectivity index (χ2n) is 11.7. The highest BCUT2D eigenvalue weighted by molar-refractivity contribution is 5.89. The Morgan fingerprint density at radius 3 is 1.54 bits per heavy atom. The summed E-state index contributed by atoms with van der Waals surface area (Å²) in [6.45, 7) is 14.4. The van der Waals surface area contributed by atoms with Gasteiger partial charge in [0.25, 0.3) is 0 Å². The Morgan fingerprint density at radius 2 is 1.10 bits per heavy atom. The molecule has 13 nitrogen and oxygen atoms in total. The first-order valence-corrected chi connectivity index (χ1v) is 13.6. The van der Waals surface area contributed by atoms with Crippen LogP contribution in [-0.2, 0) is 47.4 Å². The van der Waals surface area contributed by atoms with Gasteiger partial charge in [-0.05, 0) is 54.4 Å². The van der Waals surface area contributed by atoms with Crippen molar-refractivity contribution < 1.29 is 62.7 Å². The molecule has 13 heteroatoms. The van der Waals surface area contributed by atoms with E-state index in [2.05, 4.69) is 0 Å². The van der Waals surface area contributed by atoms with Gasteiger partial charge in [0.05, 0.1) is 12.7 Å². The van der Waals surface area contributed by atoms with Gasteiger partial charge in [0, 0.05) is 0 Å². The predicted molar refractivity (Wildman–Crippen MR) is 131 cm³/mol. The number of hydrogen-bond donors (Lipinski definition) is 3. The van der Waals surface area contributed by atoms with Gasteiger partial charge in [-0.15, -0.1) is 0 Å². The molecule has 11 atom stereocenters. The Labute approximate surface area is 228 Å². The van der Waals surface area contributed by atoms with E-state index in [9.17, 15) is 15.0 Å². The van der Waals surface area contributed by atoms with Gasteiger partial charge in [-0.1, -0.05) is 13.8 Å². The van der Waals surface area contributed by atoms with E-state index in [1.807, 2.05) is 27.7 Å². The molecular formula is C26H44O13. The van der Waals surface area contributed by atoms with Crippen LogP contribution < -0.4 is 0 Å². The fourth-order valence-electron chi connectivity index (χ4n) is 5.34. The Balaban J connectivity index is 0.000000136. The number of fused-ring (bicyclic) bond motifs is 3. The zero-order chi connectivity index (χ0) is 28.9. The number of ketones is 1. The first-order valence-electron chi connectivity index (χ1n) is 13.6. The van der Waals surface area contributed by atoms with Gasteiger partial charge < -0.3 is 58.0 Å². The number of carbonyl (C=O) groups is 1. The van der Waals surface area contributed by atoms with Crippen LogP contribution in [0.5, 0.6) is 0 Å². The van der Waals surface area contributed by atoms with Crippen molar-refractivity contribution in [2.75, 3.05) is 6.61 Å². The largest absolute Gasteiger partial charge is 0.394 e. The number of carbonyl (C=O) groups excluding carboxylic acids is 1. The molecule has 6 aliphatic rings. The summed E-state index contributed by atoms with van der Waals surface area (Å²) < 4.78 is 48.7. The fourth-order valence-corrected chi connectivity index (χ4v) is 5.34. The molecule has 6 aliphatic heterocycles. The molecular weight excluding hydrogens is 520 g/mol. The molecule has 6 saturated heterocycles. The zero-order valence-electron chi connectivity index (χ0n) is 23.9. The van der Waals surface area contributed by atoms with Crippen molar-refractivity contribution in [3.8, 4) is 0 Å². The van der Waals surface area contributed by atoms with Crippen molar-refractivity contribution in [1.29, 1.82) is 0 Å². The number of hydrogen-bond acceptors (Lipinski definition) is 13. The summed E-state index contributed by atoms with van der Waals surface area (Å²) in [5.41, 5.74) is 0. The molecule has 0 aliphatic carbocycles. The van der Waals surface area contributed by atoms with Crippen molar-refractivity contribution in [3.63, 3.8) is 0 Å². The Hall–Kier alpha value is -0.810. The van der Waals surface area contributed by atoms with Crippen LogP contribution in [0, 0.1) is 0 Å². The van der Waals surface area contributed by atoms with Crippen LogP contribution in [0.15, 0.2) is 0 Å². The smallest absolute Gasteiger partial charge is 0.195 e. The Morgan fingerprint density at radius 1 is 0.641 bits per heavy atom. The predicted octanol–water partition coefficient (Wildman–Crippen LogP) is 0.692. The summed E-state index contributed by atoms with van der Waals surface area (Å²) in [5, 5.41) is 28.2. The highest BCUT2D eigenvalue weighted by atomic mass is 16.9. The van der Waals surface area contributed by atoms with Gasteiger partial charge in [-0.25, -0.2) is 0 Å². The van der Waals surface area contributed by atoms with Crippen LogP contribution in [0.25, 0.3) is 0 Å². The van der Waals surface area contributed by atoms with E-state index in [1.165, 1.54) is 0 Å². The van der Waals surface area contributed by atoms with E-state index >= 15 is 0 Å². The summed E-state index contributed by atoms with van der Waals surface area (Å²) in [5.74, 6) is -2.02. The SMILES string of the molecule is CC1(C)O[C@H]2O[C@H](CO)[C@H](O)[C@H]2O1.CC[C@H]1O[C@@H]2OC(C)(C)O[C@@H]2C1=O.CC[C@H]1O[C@@H]2OC(C)(C)O[C@@H]2[C@H]1O. The lowest BCUT2D eigenvalue weighted by Crippen LogP contribution is -2.36. The highest BCUT2D eigenvalue weighted by Gasteiger charge is 2.55. The number of rotatable bonds is 3. The molecule has 39 heavy (non-hydrogen) atoms. The summed E-state index contributed by atoms with van der Waals surface area (Å²) in [6, 6.07) is 0. The first kappa shape index (κ1) is 31.1. The summed E-state index contributed by atoms with van der Waals surface area (Å²) in [6.07, 6.45) is -3.74. The molecule has 0 aromatic heterocycles. The molecule has 0 saturated carbocycles. The molecule has 6 rings (SSSR count). The van der Waals surface area contributed by atoms with Gasteiger partial charge in [0.1, 0.15) is 36.6 Å². The monoisotopic (exact) mass is 564 g/mol. The Kier molecular flexibility index (Phi) is 9.15. The number of aliphatic hydroxyl groups excluding tert-OH is 3. The van der Waals surface area contributed by atoms with Gasteiger partial charge in [0.15, 0.2) is 48.1 Å². The van der Waals surface area contributed by atoms with E-state index < -0.39 is 66.8 Å². The average molecular weight is 565 g/mol. The van der Waals surface area contributed by atoms with E-state index in [4.69, 9.17) is 47.7 Å². The van der Waals surface area contributed by atoms with Gasteiger partial charge in [-0.3, -0.25) is 4.79 Å². The van der Waals surface area contributed by atoms with Gasteiger partial charge in [-0.2, -0.15) is 0 Å². The minimum atomic E-state index is -0.809. The standard InChI is InChI=1S/C9H16O4.C9H14O4.C8H14O5/c2*1-4-5-6(10)7-8(11-5)13-9(2,3)12-7;1-8(2)12-6-5(10)4(3-9)11-7(6)13-8/h5-8,10H,4H2,1-3H3;5,7-8H,4H2,1-3H3;4-7,9-10H,3H2,1-2H3/t5-,6+,7-,8-;5-,7-,8-;4-,5+,6-,7-/m111/s1. The van der Waals surface area contributed by atoms with E-state index in [1.54, 1.807) is 27.7 Å². The number of aliphatic hydroxyl groups is 3. The van der Waals surface area contributed by atoms with Crippen molar-refractivity contribution in [3.05, 3.63) is 0 Å². The lowest BCUT2D eigenvalue weighted by Gasteiger charge is -2.22. The third-order valence-corrected chi connectivity index (χ3v) is 7.14. The van der Waals surface area contributed by atoms with Crippen LogP contribution in [0.1, 0.15) is 68.2 Å². The Bertz CT molecular complexity index is 819. The van der Waals surface area contributed by atoms with Crippen LogP contribution in [0.3, 0.4) is 0 Å². The van der Waals surface area contributed by atoms with Crippen LogP contribution >= 0.6 is 0 Å². The van der Waals surface area contributed by atoms with Crippen LogP contribution in [-0.4, -0.2) is 113 Å². The normalized spacial score (nSPS) is 46.1. The number of Topliss-reactive ketones (excluding diaryl/α,β-unsaturated/α-hetero) is 1. The van der Waals surface area contributed by atoms with Crippen molar-refractivity contribution in [1.82, 2.24) is 0 Å². The van der Waals surface area contributed by atoms with Gasteiger partial charge >= 0.3 is 0 Å². The maximum Gasteiger partial charge on any atom is 0.195 e. The third kappa shape index (κ3) is 6.65. The second-order valence-corrected chi connectivity index (χ2v) is 11.7. The average Bonchev–Trinajstić information content (AvgIpc) is 3.62. The highest BCUT2D eigenvalue weighted by Crippen LogP contribution is 2.39. The van der Waals surface area contributed by atoms with Crippen molar-refractivity contribution >= 4 is 5.78 Å². The molecule has 0 amide bonds. The molecule has 6 heterocycles. The molecule has 0 aromatic carbocycles. The minimum absolute atomic E-state index is 0.0121. The molecule has 0 spiro atoms. The first-order chi connectivity index (χ1) is 18.1. The van der Waals surface area contributed by atoms with Crippen LogP contribution in [0.4, 0.5) is 0 Å². The summed E-state index contributed by atoms with van der Waals surface area (Å²) in [4.78, 5) is 11.6. The fraction of sp³-hybridized carbons (Fsp3) is 0.962.